The molecule has 6 aliphatic heterocycles. The lowest BCUT2D eigenvalue weighted by atomic mass is 9.92. The van der Waals surface area contributed by atoms with E-state index in [0.29, 0.717) is 50.6 Å². The zero-order chi connectivity index (χ0) is 50.1. The van der Waals surface area contributed by atoms with Crippen molar-refractivity contribution < 1.29 is 53.8 Å². The molecule has 5 bridgehead atoms. The van der Waals surface area contributed by atoms with Crippen molar-refractivity contribution in [2.75, 3.05) is 56.0 Å². The van der Waals surface area contributed by atoms with Crippen molar-refractivity contribution in [1.82, 2.24) is 14.8 Å². The number of phenolic OH excluding ortho intramolecular Hbond substituents is 2. The molecule has 0 saturated carbocycles. The predicted molar refractivity (Wildman–Crippen MR) is 260 cm³/mol. The highest BCUT2D eigenvalue weighted by atomic mass is 16.7. The van der Waals surface area contributed by atoms with Crippen LogP contribution in [0.4, 0.5) is 11.5 Å². The number of carbonyl (C=O) groups excluding carboxylic acids is 4. The van der Waals surface area contributed by atoms with Crippen LogP contribution < -0.4 is 25.7 Å². The van der Waals surface area contributed by atoms with Crippen molar-refractivity contribution in [3.8, 4) is 17.2 Å². The lowest BCUT2D eigenvalue weighted by Crippen LogP contribution is -2.49. The zero-order valence-electron chi connectivity index (χ0n) is 40.8. The second kappa shape index (κ2) is 20.5. The van der Waals surface area contributed by atoms with Crippen LogP contribution in [0.3, 0.4) is 0 Å². The number of nitrogens with one attached hydrogen (secondary N) is 1. The molecule has 9 rings (SSSR count). The summed E-state index contributed by atoms with van der Waals surface area (Å²) < 4.78 is 18.2. The zero-order valence-corrected chi connectivity index (χ0v) is 40.8. The van der Waals surface area contributed by atoms with Crippen molar-refractivity contribution in [3.63, 3.8) is 0 Å². The molecule has 2 saturated heterocycles. The third-order valence-corrected chi connectivity index (χ3v) is 14.0. The van der Waals surface area contributed by atoms with Gasteiger partial charge in [-0.05, 0) is 57.2 Å². The molecular weight excluding hydrogens is 899 g/mol. The maximum atomic E-state index is 14.7. The molecule has 2 fully saturated rings. The topological polar surface area (TPSA) is 236 Å². The van der Waals surface area contributed by atoms with Crippen LogP contribution in [0.15, 0.2) is 70.5 Å². The number of nitrogens with zero attached hydrogens (tertiary/aromatic N) is 6. The van der Waals surface area contributed by atoms with Crippen LogP contribution in [0.25, 0.3) is 10.8 Å². The van der Waals surface area contributed by atoms with Crippen LogP contribution in [-0.4, -0.2) is 134 Å². The normalized spacial score (nSPS) is 27.0. The van der Waals surface area contributed by atoms with Crippen molar-refractivity contribution in [2.45, 2.75) is 116 Å². The fourth-order valence-corrected chi connectivity index (χ4v) is 9.95. The molecule has 70 heavy (non-hydrogen) atoms. The van der Waals surface area contributed by atoms with E-state index in [-0.39, 0.29) is 81.3 Å². The fraction of sp³-hybridized carbons (Fsp3) is 0.519. The average Bonchev–Trinajstić information content (AvgIpc) is 3.83. The Morgan fingerprint density at radius 1 is 0.986 bits per heavy atom. The van der Waals surface area contributed by atoms with Gasteiger partial charge >= 0.3 is 11.8 Å². The number of aliphatic hydroxyl groups excluding tert-OH is 2. The van der Waals surface area contributed by atoms with Crippen molar-refractivity contribution in [3.05, 3.63) is 82.4 Å². The minimum absolute atomic E-state index is 0.0409. The van der Waals surface area contributed by atoms with Gasteiger partial charge in [0.15, 0.2) is 5.75 Å². The monoisotopic (exact) mass is 963 g/mol. The van der Waals surface area contributed by atoms with Gasteiger partial charge < -0.3 is 54.7 Å². The van der Waals surface area contributed by atoms with E-state index in [4.69, 9.17) is 19.2 Å². The lowest BCUT2D eigenvalue weighted by Gasteiger charge is -2.38. The second-order valence-electron chi connectivity index (χ2n) is 19.8. The Bertz CT molecular complexity index is 2740. The summed E-state index contributed by atoms with van der Waals surface area (Å²) >= 11 is 0. The Morgan fingerprint density at radius 3 is 2.43 bits per heavy atom. The summed E-state index contributed by atoms with van der Waals surface area (Å²) in [6.45, 7) is 14.9. The SMILES string of the molecule is C/C1=C/C=C/C(C)[C@H](O)CC(O)C[C@H](OC(=O)CC(=O)N2CCN(c3ccccn3)CC2)CC/C=C/OC2(C)Oc3c(C)c(O)c4c(O)c(c5c(c4c3C2=O)NC2(CCN(CC(C)C)CC2)N=5)=NC1=O. The molecule has 1 spiro atoms. The first kappa shape index (κ1) is 50.0. The molecule has 5 N–H and O–H groups in total. The molecule has 6 aliphatic rings. The molecule has 7 heterocycles. The Balaban J connectivity index is 1.08. The maximum absolute atomic E-state index is 14.7. The number of aliphatic hydroxyl groups is 2. The van der Waals surface area contributed by atoms with E-state index in [1.807, 2.05) is 18.2 Å². The molecule has 2 amide bonds. The number of carbonyl (C=O) groups is 4. The largest absolute Gasteiger partial charge is 0.507 e. The quantitative estimate of drug-likeness (QED) is 0.130. The van der Waals surface area contributed by atoms with Crippen molar-refractivity contribution in [2.24, 2.45) is 21.8 Å². The Morgan fingerprint density at radius 2 is 1.73 bits per heavy atom. The number of hydrogen-bond donors (Lipinski definition) is 5. The smallest absolute Gasteiger partial charge is 0.315 e. The number of fused-ring (bicyclic) bond motifs is 13. The summed E-state index contributed by atoms with van der Waals surface area (Å²) in [5, 5.41) is 50.0. The highest BCUT2D eigenvalue weighted by Gasteiger charge is 2.50. The van der Waals surface area contributed by atoms with Gasteiger partial charge in [-0.15, -0.1) is 0 Å². The van der Waals surface area contributed by atoms with Gasteiger partial charge in [-0.1, -0.05) is 45.1 Å². The van der Waals surface area contributed by atoms with E-state index in [1.165, 1.54) is 19.3 Å². The van der Waals surface area contributed by atoms with Crippen LogP contribution >= 0.6 is 0 Å². The first-order valence-electron chi connectivity index (χ1n) is 24.4. The second-order valence-corrected chi connectivity index (χ2v) is 19.8. The number of phenols is 2. The number of anilines is 2. The van der Waals surface area contributed by atoms with Crippen molar-refractivity contribution in [1.29, 1.82) is 0 Å². The van der Waals surface area contributed by atoms with E-state index in [0.717, 1.165) is 25.5 Å². The Labute approximate surface area is 407 Å². The van der Waals surface area contributed by atoms with Gasteiger partial charge in [-0.25, -0.2) is 9.98 Å². The standard InChI is InChI=1S/C52H65N7O11/c1-30(2)29-57-19-16-52(17-20-57)55-43-40-41-46(64)33(5)48-42(40)49(66)51(6,70-48)68-25-10-8-14-35(69-39(63)28-38(62)59-23-21-58(22-24-59)37-15-7-9-18-53-37)26-34(60)27-36(61)31(3)12-11-13-32(4)50(67)54-45(47(41)65)44(43)56-52/h7,9-13,15,18,25,30-31,34-36,55,60-61,64-65H,8,14,16-17,19-24,26-29H2,1-6H3/b12-11+,25-10+,32-13-,54-45?/t31?,34?,35-,36-,51?/m1/s1. The number of hydrogen-bond acceptors (Lipinski definition) is 16. The number of piperazine rings is 1. The average molecular weight is 964 g/mol. The van der Waals surface area contributed by atoms with Gasteiger partial charge in [0.2, 0.25) is 5.91 Å². The molecule has 1 aromatic heterocycles. The van der Waals surface area contributed by atoms with Gasteiger partial charge in [-0.2, -0.15) is 0 Å². The van der Waals surface area contributed by atoms with E-state index >= 15 is 0 Å². The summed E-state index contributed by atoms with van der Waals surface area (Å²) in [6, 6.07) is 5.64. The number of aromatic hydroxyl groups is 2. The number of esters is 1. The number of amides is 2. The summed E-state index contributed by atoms with van der Waals surface area (Å²) in [5.41, 5.74) is -0.130. The number of allylic oxidation sites excluding steroid dienone is 3. The molecular formula is C52H65N7O11. The minimum Gasteiger partial charge on any atom is -0.507 e. The summed E-state index contributed by atoms with van der Waals surface area (Å²) in [5.74, 6) is -4.40. The number of likely N-dealkylation sites (tertiary alicyclic amines) is 1. The molecule has 0 radical (unpaired) electrons. The summed E-state index contributed by atoms with van der Waals surface area (Å²) in [4.78, 5) is 75.2. The lowest BCUT2D eigenvalue weighted by molar-refractivity contribution is -0.155. The van der Waals surface area contributed by atoms with E-state index in [9.17, 15) is 39.6 Å². The number of Topliss-reactive ketones (excluding diaryl/α,β-unsaturated/α-hetero) is 1. The van der Waals surface area contributed by atoms with E-state index in [1.54, 1.807) is 50.1 Å². The van der Waals surface area contributed by atoms with Gasteiger partial charge in [0.25, 0.3) is 11.7 Å². The predicted octanol–water partition coefficient (Wildman–Crippen LogP) is 4.50. The van der Waals surface area contributed by atoms with Crippen LogP contribution in [-0.2, 0) is 23.9 Å². The maximum Gasteiger partial charge on any atom is 0.315 e. The number of ketones is 1. The summed E-state index contributed by atoms with van der Waals surface area (Å²) in [6.07, 6.45) is 7.45. The van der Waals surface area contributed by atoms with E-state index < -0.39 is 65.5 Å². The van der Waals surface area contributed by atoms with Crippen LogP contribution in [0, 0.1) is 18.8 Å². The first-order chi connectivity index (χ1) is 33.4. The van der Waals surface area contributed by atoms with Crippen LogP contribution in [0.1, 0.15) is 95.5 Å². The van der Waals surface area contributed by atoms with E-state index in [2.05, 4.69) is 38.9 Å². The number of ether oxygens (including phenoxy) is 3. The van der Waals surface area contributed by atoms with Gasteiger partial charge in [0.05, 0.1) is 35.1 Å². The number of aromatic nitrogens is 1. The highest BCUT2D eigenvalue weighted by Crippen LogP contribution is 2.51. The molecule has 5 atom stereocenters. The molecule has 18 heteroatoms. The minimum atomic E-state index is -1.93. The highest BCUT2D eigenvalue weighted by molar-refractivity contribution is 6.21. The molecule has 18 nitrogen and oxygen atoms in total. The number of pyridine rings is 1. The number of rotatable bonds is 6. The molecule has 374 valence electrons. The Hall–Kier alpha value is -6.37. The number of piperidine rings is 1. The van der Waals surface area contributed by atoms with Gasteiger partial charge in [0, 0.05) is 101 Å². The third kappa shape index (κ3) is 10.4. The van der Waals surface area contributed by atoms with Crippen LogP contribution in [0.2, 0.25) is 0 Å². The fourth-order valence-electron chi connectivity index (χ4n) is 9.95. The molecule has 3 unspecified atom stereocenters. The molecule has 2 aromatic carbocycles. The first-order valence-corrected chi connectivity index (χ1v) is 24.4. The van der Waals surface area contributed by atoms with Crippen molar-refractivity contribution >= 4 is 45.8 Å². The van der Waals surface area contributed by atoms with Gasteiger partial charge in [0.1, 0.15) is 46.2 Å². The molecule has 0 aliphatic carbocycles. The number of benzene rings is 2. The Kier molecular flexibility index (Phi) is 14.7. The molecule has 3 aromatic rings. The van der Waals surface area contributed by atoms with Gasteiger partial charge in [-0.3, -0.25) is 24.2 Å². The summed E-state index contributed by atoms with van der Waals surface area (Å²) in [7, 11) is 0. The third-order valence-electron chi connectivity index (χ3n) is 14.0. The van der Waals surface area contributed by atoms with Crippen LogP contribution in [0.5, 0.6) is 17.2 Å².